The molecule has 94 valence electrons. The number of methoxy groups -OCH3 is 1. The summed E-state index contributed by atoms with van der Waals surface area (Å²) in [6.45, 7) is 0. The summed E-state index contributed by atoms with van der Waals surface area (Å²) in [5.74, 6) is 3.19. The summed E-state index contributed by atoms with van der Waals surface area (Å²) in [5.41, 5.74) is 7.38. The molecule has 1 heterocycles. The van der Waals surface area contributed by atoms with Crippen LogP contribution in [0.4, 0.5) is 0 Å². The summed E-state index contributed by atoms with van der Waals surface area (Å²) < 4.78 is 7.01. The van der Waals surface area contributed by atoms with Crippen molar-refractivity contribution in [3.05, 3.63) is 11.8 Å². The van der Waals surface area contributed by atoms with E-state index >= 15 is 0 Å². The molecule has 4 unspecified atom stereocenters. The van der Waals surface area contributed by atoms with Crippen LogP contribution in [0.3, 0.4) is 0 Å². The first-order valence-electron chi connectivity index (χ1n) is 6.52. The molecule has 4 atom stereocenters. The van der Waals surface area contributed by atoms with E-state index < -0.39 is 0 Å². The highest BCUT2D eigenvalue weighted by atomic mass is 16.5. The summed E-state index contributed by atoms with van der Waals surface area (Å²) in [6, 6.07) is 2.07. The fourth-order valence-corrected chi connectivity index (χ4v) is 3.78. The SMILES string of the molecule is COc1cc(C(N)C2CC3CCC2C3)nn1C. The van der Waals surface area contributed by atoms with Crippen LogP contribution in [0.25, 0.3) is 0 Å². The van der Waals surface area contributed by atoms with Gasteiger partial charge in [0.1, 0.15) is 0 Å². The highest BCUT2D eigenvalue weighted by molar-refractivity contribution is 5.20. The zero-order chi connectivity index (χ0) is 12.0. The van der Waals surface area contributed by atoms with Crippen molar-refractivity contribution in [3.8, 4) is 5.88 Å². The molecule has 17 heavy (non-hydrogen) atoms. The van der Waals surface area contributed by atoms with Crippen molar-refractivity contribution in [2.24, 2.45) is 30.5 Å². The van der Waals surface area contributed by atoms with Crippen molar-refractivity contribution in [2.45, 2.75) is 31.7 Å². The fourth-order valence-electron chi connectivity index (χ4n) is 3.78. The molecule has 2 bridgehead atoms. The molecule has 2 N–H and O–H groups in total. The minimum atomic E-state index is 0.0837. The maximum Gasteiger partial charge on any atom is 0.211 e. The maximum absolute atomic E-state index is 6.39. The number of nitrogens with zero attached hydrogens (tertiary/aromatic N) is 2. The minimum Gasteiger partial charge on any atom is -0.481 e. The Morgan fingerprint density at radius 2 is 2.29 bits per heavy atom. The standard InChI is InChI=1S/C13H21N3O/c1-16-12(17-2)7-11(15-16)13(14)10-6-8-3-4-9(10)5-8/h7-10,13H,3-6,14H2,1-2H3. The van der Waals surface area contributed by atoms with Gasteiger partial charge in [0, 0.05) is 13.1 Å². The molecule has 2 saturated carbocycles. The second-order valence-electron chi connectivity index (χ2n) is 5.60. The van der Waals surface area contributed by atoms with E-state index in [-0.39, 0.29) is 6.04 Å². The number of hydrogen-bond donors (Lipinski definition) is 1. The first kappa shape index (κ1) is 11.1. The van der Waals surface area contributed by atoms with Gasteiger partial charge < -0.3 is 10.5 Å². The Bertz CT molecular complexity index is 415. The van der Waals surface area contributed by atoms with Crippen LogP contribution in [0.2, 0.25) is 0 Å². The molecular weight excluding hydrogens is 214 g/mol. The van der Waals surface area contributed by atoms with Crippen molar-refractivity contribution in [1.29, 1.82) is 0 Å². The molecule has 2 aliphatic rings. The minimum absolute atomic E-state index is 0.0837. The molecule has 2 aliphatic carbocycles. The quantitative estimate of drug-likeness (QED) is 0.870. The van der Waals surface area contributed by atoms with Crippen molar-refractivity contribution >= 4 is 0 Å². The van der Waals surface area contributed by atoms with Crippen LogP contribution < -0.4 is 10.5 Å². The normalized spacial score (nSPS) is 33.0. The van der Waals surface area contributed by atoms with E-state index in [4.69, 9.17) is 10.5 Å². The molecule has 4 nitrogen and oxygen atoms in total. The van der Waals surface area contributed by atoms with Gasteiger partial charge in [-0.05, 0) is 37.0 Å². The van der Waals surface area contributed by atoms with Crippen LogP contribution in [0.1, 0.15) is 37.4 Å². The van der Waals surface area contributed by atoms with Crippen LogP contribution in [0.5, 0.6) is 5.88 Å². The average Bonchev–Trinajstić information content (AvgIpc) is 3.01. The topological polar surface area (TPSA) is 53.1 Å². The molecule has 4 heteroatoms. The summed E-state index contributed by atoms with van der Waals surface area (Å²) in [4.78, 5) is 0. The third-order valence-corrected chi connectivity index (χ3v) is 4.66. The first-order valence-corrected chi connectivity index (χ1v) is 6.52. The summed E-state index contributed by atoms with van der Waals surface area (Å²) in [5, 5.41) is 4.48. The molecule has 2 fully saturated rings. The third-order valence-electron chi connectivity index (χ3n) is 4.66. The van der Waals surface area contributed by atoms with E-state index in [1.165, 1.54) is 25.7 Å². The number of nitrogens with two attached hydrogens (primary N) is 1. The Hall–Kier alpha value is -1.03. The van der Waals surface area contributed by atoms with Crippen LogP contribution in [-0.2, 0) is 7.05 Å². The van der Waals surface area contributed by atoms with E-state index in [0.29, 0.717) is 5.92 Å². The lowest BCUT2D eigenvalue weighted by atomic mass is 9.82. The van der Waals surface area contributed by atoms with Gasteiger partial charge in [0.15, 0.2) is 0 Å². The van der Waals surface area contributed by atoms with Crippen LogP contribution in [-0.4, -0.2) is 16.9 Å². The number of rotatable bonds is 3. The predicted octanol–water partition coefficient (Wildman–Crippen LogP) is 1.86. The second-order valence-corrected chi connectivity index (χ2v) is 5.60. The molecule has 0 aromatic carbocycles. The van der Waals surface area contributed by atoms with Gasteiger partial charge in [-0.25, -0.2) is 4.68 Å². The number of ether oxygens (including phenoxy) is 1. The van der Waals surface area contributed by atoms with Gasteiger partial charge >= 0.3 is 0 Å². The molecule has 0 spiro atoms. The largest absolute Gasteiger partial charge is 0.481 e. The van der Waals surface area contributed by atoms with Crippen molar-refractivity contribution < 1.29 is 4.74 Å². The van der Waals surface area contributed by atoms with Gasteiger partial charge in [-0.1, -0.05) is 6.42 Å². The van der Waals surface area contributed by atoms with Crippen molar-refractivity contribution in [3.63, 3.8) is 0 Å². The van der Waals surface area contributed by atoms with E-state index in [2.05, 4.69) is 5.10 Å². The zero-order valence-electron chi connectivity index (χ0n) is 10.6. The lowest BCUT2D eigenvalue weighted by molar-refractivity contribution is 0.280. The molecular formula is C13H21N3O. The van der Waals surface area contributed by atoms with E-state index in [1.54, 1.807) is 11.8 Å². The highest BCUT2D eigenvalue weighted by Gasteiger charge is 2.43. The number of hydrogen-bond acceptors (Lipinski definition) is 3. The first-order chi connectivity index (χ1) is 8.19. The predicted molar refractivity (Wildman–Crippen MR) is 65.6 cm³/mol. The van der Waals surface area contributed by atoms with E-state index in [0.717, 1.165) is 23.4 Å². The second kappa shape index (κ2) is 4.02. The molecule has 0 amide bonds. The molecule has 3 rings (SSSR count). The lowest BCUT2D eigenvalue weighted by Crippen LogP contribution is -2.26. The van der Waals surface area contributed by atoms with E-state index in [9.17, 15) is 0 Å². The fraction of sp³-hybridized carbons (Fsp3) is 0.769. The van der Waals surface area contributed by atoms with E-state index in [1.807, 2.05) is 13.1 Å². The van der Waals surface area contributed by atoms with Gasteiger partial charge in [0.25, 0.3) is 0 Å². The van der Waals surface area contributed by atoms with Gasteiger partial charge in [-0.15, -0.1) is 0 Å². The zero-order valence-corrected chi connectivity index (χ0v) is 10.6. The Morgan fingerprint density at radius 3 is 2.82 bits per heavy atom. The van der Waals surface area contributed by atoms with Crippen molar-refractivity contribution in [2.75, 3.05) is 7.11 Å². The number of fused-ring (bicyclic) bond motifs is 2. The van der Waals surface area contributed by atoms with Gasteiger partial charge in [0.2, 0.25) is 5.88 Å². The number of aromatic nitrogens is 2. The highest BCUT2D eigenvalue weighted by Crippen LogP contribution is 2.51. The van der Waals surface area contributed by atoms with Gasteiger partial charge in [0.05, 0.1) is 18.8 Å². The van der Waals surface area contributed by atoms with Crippen molar-refractivity contribution in [1.82, 2.24) is 9.78 Å². The third kappa shape index (κ3) is 1.75. The molecule has 0 aliphatic heterocycles. The monoisotopic (exact) mass is 235 g/mol. The van der Waals surface area contributed by atoms with Crippen LogP contribution >= 0.6 is 0 Å². The Kier molecular flexibility index (Phi) is 2.62. The Morgan fingerprint density at radius 1 is 1.47 bits per heavy atom. The number of aryl methyl sites for hydroxylation is 1. The summed E-state index contributed by atoms with van der Waals surface area (Å²) in [6.07, 6.45) is 5.47. The summed E-state index contributed by atoms with van der Waals surface area (Å²) >= 11 is 0. The van der Waals surface area contributed by atoms with Crippen LogP contribution in [0.15, 0.2) is 6.07 Å². The Labute approximate surface area is 102 Å². The average molecular weight is 235 g/mol. The lowest BCUT2D eigenvalue weighted by Gasteiger charge is -2.26. The molecule has 1 aromatic heterocycles. The van der Waals surface area contributed by atoms with Crippen LogP contribution in [0, 0.1) is 17.8 Å². The Balaban J connectivity index is 1.79. The maximum atomic E-state index is 6.39. The molecule has 1 aromatic rings. The van der Waals surface area contributed by atoms with Gasteiger partial charge in [-0.3, -0.25) is 0 Å². The molecule has 0 radical (unpaired) electrons. The smallest absolute Gasteiger partial charge is 0.211 e. The summed E-state index contributed by atoms with van der Waals surface area (Å²) in [7, 11) is 3.57. The molecule has 0 saturated heterocycles. The van der Waals surface area contributed by atoms with Gasteiger partial charge in [-0.2, -0.15) is 5.10 Å².